The van der Waals surface area contributed by atoms with Crippen molar-refractivity contribution in [3.63, 3.8) is 0 Å². The molecule has 1 aliphatic heterocycles. The van der Waals surface area contributed by atoms with Gasteiger partial charge in [-0.25, -0.2) is 0 Å². The largest absolute Gasteiger partial charge is 0.340 e. The predicted octanol–water partition coefficient (Wildman–Crippen LogP) is 0.384. The molecule has 1 saturated heterocycles. The highest BCUT2D eigenvalue weighted by atomic mass is 16.2. The van der Waals surface area contributed by atoms with Gasteiger partial charge in [-0.3, -0.25) is 4.79 Å². The molecule has 1 heterocycles. The van der Waals surface area contributed by atoms with Crippen LogP contribution in [0.2, 0.25) is 0 Å². The van der Waals surface area contributed by atoms with E-state index in [9.17, 15) is 4.79 Å². The maximum atomic E-state index is 11.8. The monoisotopic (exact) mass is 180 g/mol. The summed E-state index contributed by atoms with van der Waals surface area (Å²) in [4.78, 5) is 13.8. The molecule has 1 fully saturated rings. The van der Waals surface area contributed by atoms with Crippen LogP contribution in [0.15, 0.2) is 12.2 Å². The molecular weight excluding hydrogens is 164 g/mol. The summed E-state index contributed by atoms with van der Waals surface area (Å²) >= 11 is 0. The van der Waals surface area contributed by atoms with Gasteiger partial charge in [0.1, 0.15) is 0 Å². The molecule has 0 saturated carbocycles. The normalized spacial score (nSPS) is 28.0. The number of hydrogen-bond donors (Lipinski definition) is 1. The standard InChI is InChI=1S/C10H16N2O/c13-10(9-3-1-2-4-9)12-7-5-11-6-8-12/h1,3,9,11H,2,4-8H2. The lowest BCUT2D eigenvalue weighted by Crippen LogP contribution is -2.48. The molecule has 1 N–H and O–H groups in total. The van der Waals surface area contributed by atoms with E-state index in [0.29, 0.717) is 5.91 Å². The van der Waals surface area contributed by atoms with Gasteiger partial charge in [-0.05, 0) is 12.8 Å². The Bertz CT molecular complexity index is 219. The SMILES string of the molecule is O=C(C1C=CCC1)N1CCNCC1. The number of carbonyl (C=O) groups excluding carboxylic acids is 1. The second kappa shape index (κ2) is 3.92. The Morgan fingerprint density at radius 3 is 2.77 bits per heavy atom. The second-order valence-corrected chi connectivity index (χ2v) is 3.69. The molecule has 0 spiro atoms. The smallest absolute Gasteiger partial charge is 0.229 e. The first-order chi connectivity index (χ1) is 6.38. The van der Waals surface area contributed by atoms with Crippen molar-refractivity contribution in [1.29, 1.82) is 0 Å². The second-order valence-electron chi connectivity index (χ2n) is 3.69. The first-order valence-electron chi connectivity index (χ1n) is 5.04. The fourth-order valence-corrected chi connectivity index (χ4v) is 1.96. The number of nitrogens with one attached hydrogen (secondary N) is 1. The highest BCUT2D eigenvalue weighted by Crippen LogP contribution is 2.19. The highest BCUT2D eigenvalue weighted by Gasteiger charge is 2.24. The maximum Gasteiger partial charge on any atom is 0.229 e. The van der Waals surface area contributed by atoms with E-state index in [1.807, 2.05) is 4.90 Å². The van der Waals surface area contributed by atoms with Crippen LogP contribution in [0.25, 0.3) is 0 Å². The lowest BCUT2D eigenvalue weighted by molar-refractivity contribution is -0.134. The third-order valence-electron chi connectivity index (χ3n) is 2.76. The first-order valence-corrected chi connectivity index (χ1v) is 5.04. The van der Waals surface area contributed by atoms with E-state index in [-0.39, 0.29) is 5.92 Å². The Kier molecular flexibility index (Phi) is 2.64. The maximum absolute atomic E-state index is 11.8. The molecule has 2 aliphatic rings. The molecule has 1 unspecified atom stereocenters. The predicted molar refractivity (Wildman–Crippen MR) is 51.3 cm³/mol. The van der Waals surface area contributed by atoms with Gasteiger partial charge in [-0.1, -0.05) is 12.2 Å². The van der Waals surface area contributed by atoms with E-state index < -0.39 is 0 Å². The Morgan fingerprint density at radius 1 is 1.38 bits per heavy atom. The molecule has 0 radical (unpaired) electrons. The van der Waals surface area contributed by atoms with Crippen molar-refractivity contribution < 1.29 is 4.79 Å². The van der Waals surface area contributed by atoms with Gasteiger partial charge in [0, 0.05) is 26.2 Å². The Morgan fingerprint density at radius 2 is 2.15 bits per heavy atom. The average molecular weight is 180 g/mol. The fourth-order valence-electron chi connectivity index (χ4n) is 1.96. The minimum absolute atomic E-state index is 0.179. The van der Waals surface area contributed by atoms with Gasteiger partial charge in [-0.2, -0.15) is 0 Å². The lowest BCUT2D eigenvalue weighted by Gasteiger charge is -2.29. The molecule has 0 bridgehead atoms. The lowest BCUT2D eigenvalue weighted by atomic mass is 10.1. The van der Waals surface area contributed by atoms with Crippen molar-refractivity contribution in [1.82, 2.24) is 10.2 Å². The van der Waals surface area contributed by atoms with Crippen LogP contribution in [-0.2, 0) is 4.79 Å². The van der Waals surface area contributed by atoms with Crippen molar-refractivity contribution in [3.05, 3.63) is 12.2 Å². The van der Waals surface area contributed by atoms with Gasteiger partial charge >= 0.3 is 0 Å². The quantitative estimate of drug-likeness (QED) is 0.592. The topological polar surface area (TPSA) is 32.3 Å². The molecular formula is C10H16N2O. The van der Waals surface area contributed by atoms with Gasteiger partial charge in [-0.15, -0.1) is 0 Å². The summed E-state index contributed by atoms with van der Waals surface area (Å²) in [6, 6.07) is 0. The Labute approximate surface area is 78.8 Å². The molecule has 72 valence electrons. The molecule has 0 aromatic heterocycles. The zero-order chi connectivity index (χ0) is 9.10. The summed E-state index contributed by atoms with van der Waals surface area (Å²) in [5.74, 6) is 0.508. The molecule has 0 aromatic carbocycles. The summed E-state index contributed by atoms with van der Waals surface area (Å²) in [6.45, 7) is 3.65. The number of hydrogen-bond acceptors (Lipinski definition) is 2. The Balaban J connectivity index is 1.91. The van der Waals surface area contributed by atoms with E-state index in [0.717, 1.165) is 39.0 Å². The van der Waals surface area contributed by atoms with Crippen LogP contribution in [-0.4, -0.2) is 37.0 Å². The zero-order valence-corrected chi connectivity index (χ0v) is 7.83. The summed E-state index contributed by atoms with van der Waals surface area (Å²) in [5, 5.41) is 3.25. The van der Waals surface area contributed by atoms with Crippen LogP contribution in [0, 0.1) is 5.92 Å². The number of rotatable bonds is 1. The number of allylic oxidation sites excluding steroid dienone is 1. The van der Waals surface area contributed by atoms with Crippen molar-refractivity contribution in [2.75, 3.05) is 26.2 Å². The van der Waals surface area contributed by atoms with E-state index in [2.05, 4.69) is 17.5 Å². The van der Waals surface area contributed by atoms with Gasteiger partial charge in [0.2, 0.25) is 5.91 Å². The Hall–Kier alpha value is -0.830. The van der Waals surface area contributed by atoms with Crippen LogP contribution >= 0.6 is 0 Å². The van der Waals surface area contributed by atoms with Crippen LogP contribution < -0.4 is 5.32 Å². The van der Waals surface area contributed by atoms with Gasteiger partial charge in [0.25, 0.3) is 0 Å². The molecule has 13 heavy (non-hydrogen) atoms. The van der Waals surface area contributed by atoms with E-state index in [4.69, 9.17) is 0 Å². The van der Waals surface area contributed by atoms with Crippen molar-refractivity contribution >= 4 is 5.91 Å². The number of amides is 1. The third kappa shape index (κ3) is 1.91. The van der Waals surface area contributed by atoms with Gasteiger partial charge in [0.05, 0.1) is 5.92 Å². The van der Waals surface area contributed by atoms with E-state index >= 15 is 0 Å². The van der Waals surface area contributed by atoms with Crippen LogP contribution in [0.3, 0.4) is 0 Å². The summed E-state index contributed by atoms with van der Waals surface area (Å²) in [5.41, 5.74) is 0. The minimum atomic E-state index is 0.179. The third-order valence-corrected chi connectivity index (χ3v) is 2.76. The summed E-state index contributed by atoms with van der Waals surface area (Å²) < 4.78 is 0. The molecule has 3 nitrogen and oxygen atoms in total. The summed E-state index contributed by atoms with van der Waals surface area (Å²) in [7, 11) is 0. The van der Waals surface area contributed by atoms with Crippen LogP contribution in [0.4, 0.5) is 0 Å². The van der Waals surface area contributed by atoms with Crippen molar-refractivity contribution in [2.24, 2.45) is 5.92 Å². The van der Waals surface area contributed by atoms with E-state index in [1.54, 1.807) is 0 Å². The molecule has 1 aliphatic carbocycles. The zero-order valence-electron chi connectivity index (χ0n) is 7.83. The first kappa shape index (κ1) is 8.75. The van der Waals surface area contributed by atoms with Crippen LogP contribution in [0.5, 0.6) is 0 Å². The molecule has 1 amide bonds. The number of nitrogens with zero attached hydrogens (tertiary/aromatic N) is 1. The molecule has 2 rings (SSSR count). The number of carbonyl (C=O) groups is 1. The van der Waals surface area contributed by atoms with Crippen molar-refractivity contribution in [2.45, 2.75) is 12.8 Å². The minimum Gasteiger partial charge on any atom is -0.340 e. The number of piperazine rings is 1. The molecule has 3 heteroatoms. The van der Waals surface area contributed by atoms with E-state index in [1.165, 1.54) is 0 Å². The summed E-state index contributed by atoms with van der Waals surface area (Å²) in [6.07, 6.45) is 6.26. The molecule has 1 atom stereocenters. The highest BCUT2D eigenvalue weighted by molar-refractivity contribution is 5.81. The van der Waals surface area contributed by atoms with Crippen molar-refractivity contribution in [3.8, 4) is 0 Å². The fraction of sp³-hybridized carbons (Fsp3) is 0.700. The van der Waals surface area contributed by atoms with Gasteiger partial charge in [0.15, 0.2) is 0 Å². The van der Waals surface area contributed by atoms with Crippen LogP contribution in [0.1, 0.15) is 12.8 Å². The van der Waals surface area contributed by atoms with Gasteiger partial charge < -0.3 is 10.2 Å². The average Bonchev–Trinajstić information content (AvgIpc) is 2.71. The molecule has 0 aromatic rings.